The Morgan fingerprint density at radius 2 is 2.05 bits per heavy atom. The lowest BCUT2D eigenvalue weighted by molar-refractivity contribution is 0.210. The molecule has 0 radical (unpaired) electrons. The van der Waals surface area contributed by atoms with Crippen LogP contribution in [0.2, 0.25) is 10.0 Å². The van der Waals surface area contributed by atoms with Crippen molar-refractivity contribution in [3.8, 4) is 5.75 Å². The first kappa shape index (κ1) is 13.6. The summed E-state index contributed by atoms with van der Waals surface area (Å²) >= 11 is 12.2. The summed E-state index contributed by atoms with van der Waals surface area (Å²) in [5, 5.41) is 4.68. The molecule has 1 atom stereocenters. The highest BCUT2D eigenvalue weighted by Crippen LogP contribution is 2.37. The van der Waals surface area contributed by atoms with Crippen LogP contribution < -0.4 is 10.1 Å². The van der Waals surface area contributed by atoms with Crippen molar-refractivity contribution in [2.45, 2.75) is 19.4 Å². The molecule has 2 aromatic carbocycles. The molecule has 0 aliphatic carbocycles. The molecular formula is C16H15Cl2NO. The summed E-state index contributed by atoms with van der Waals surface area (Å²) in [5.41, 5.74) is 3.29. The molecule has 2 aromatic rings. The number of hydrogen-bond donors (Lipinski definition) is 1. The lowest BCUT2D eigenvalue weighted by Crippen LogP contribution is -2.23. The Labute approximate surface area is 128 Å². The van der Waals surface area contributed by atoms with Gasteiger partial charge in [0.1, 0.15) is 11.9 Å². The van der Waals surface area contributed by atoms with Crippen LogP contribution in [0.1, 0.15) is 24.2 Å². The number of hydrogen-bond acceptors (Lipinski definition) is 2. The molecule has 20 heavy (non-hydrogen) atoms. The minimum absolute atomic E-state index is 0.0975. The summed E-state index contributed by atoms with van der Waals surface area (Å²) in [7, 11) is 0. The van der Waals surface area contributed by atoms with Crippen LogP contribution in [0.4, 0.5) is 5.69 Å². The van der Waals surface area contributed by atoms with E-state index in [0.717, 1.165) is 23.4 Å². The van der Waals surface area contributed by atoms with Gasteiger partial charge in [-0.2, -0.15) is 0 Å². The van der Waals surface area contributed by atoms with Crippen molar-refractivity contribution in [2.24, 2.45) is 0 Å². The summed E-state index contributed by atoms with van der Waals surface area (Å²) in [6.07, 6.45) is 0.918. The van der Waals surface area contributed by atoms with E-state index in [1.807, 2.05) is 18.2 Å². The van der Waals surface area contributed by atoms with Gasteiger partial charge in [0, 0.05) is 15.6 Å². The minimum Gasteiger partial charge on any atom is -0.482 e. The quantitative estimate of drug-likeness (QED) is 0.833. The van der Waals surface area contributed by atoms with Crippen LogP contribution in [0.5, 0.6) is 5.75 Å². The van der Waals surface area contributed by atoms with Crippen LogP contribution in [0.15, 0.2) is 36.4 Å². The average molecular weight is 308 g/mol. The SMILES string of the molecule is CCc1ccc2c(c1)NCC(c1ccc(Cl)cc1Cl)O2. The van der Waals surface area contributed by atoms with E-state index < -0.39 is 0 Å². The van der Waals surface area contributed by atoms with Gasteiger partial charge in [-0.15, -0.1) is 0 Å². The largest absolute Gasteiger partial charge is 0.482 e. The van der Waals surface area contributed by atoms with Gasteiger partial charge in [0.05, 0.1) is 12.2 Å². The number of nitrogens with one attached hydrogen (secondary N) is 1. The van der Waals surface area contributed by atoms with Crippen LogP contribution in [-0.4, -0.2) is 6.54 Å². The lowest BCUT2D eigenvalue weighted by Gasteiger charge is -2.28. The van der Waals surface area contributed by atoms with Gasteiger partial charge in [0.25, 0.3) is 0 Å². The number of aryl methyl sites for hydroxylation is 1. The monoisotopic (exact) mass is 307 g/mol. The van der Waals surface area contributed by atoms with Crippen molar-refractivity contribution in [1.29, 1.82) is 0 Å². The molecule has 0 amide bonds. The van der Waals surface area contributed by atoms with Crippen molar-refractivity contribution in [1.82, 2.24) is 0 Å². The van der Waals surface area contributed by atoms with E-state index in [4.69, 9.17) is 27.9 Å². The predicted octanol–water partition coefficient (Wildman–Crippen LogP) is 5.10. The van der Waals surface area contributed by atoms with Crippen molar-refractivity contribution in [2.75, 3.05) is 11.9 Å². The minimum atomic E-state index is -0.0975. The Hall–Kier alpha value is -1.38. The topological polar surface area (TPSA) is 21.3 Å². The van der Waals surface area contributed by atoms with Gasteiger partial charge in [-0.3, -0.25) is 0 Å². The third kappa shape index (κ3) is 2.58. The van der Waals surface area contributed by atoms with E-state index in [0.29, 0.717) is 16.6 Å². The standard InChI is InChI=1S/C16H15Cl2NO/c1-2-10-3-6-15-14(7-10)19-9-16(20-15)12-5-4-11(17)8-13(12)18/h3-8,16,19H,2,9H2,1H3. The van der Waals surface area contributed by atoms with Crippen LogP contribution in [0.3, 0.4) is 0 Å². The average Bonchev–Trinajstić information content (AvgIpc) is 2.46. The lowest BCUT2D eigenvalue weighted by atomic mass is 10.1. The summed E-state index contributed by atoms with van der Waals surface area (Å²) in [4.78, 5) is 0. The van der Waals surface area contributed by atoms with E-state index in [9.17, 15) is 0 Å². The summed E-state index contributed by atoms with van der Waals surface area (Å²) in [6.45, 7) is 2.84. The van der Waals surface area contributed by atoms with E-state index in [1.54, 1.807) is 6.07 Å². The fourth-order valence-corrected chi connectivity index (χ4v) is 2.90. The van der Waals surface area contributed by atoms with Crippen molar-refractivity contribution in [3.05, 3.63) is 57.6 Å². The maximum atomic E-state index is 6.25. The number of ether oxygens (including phenoxy) is 1. The van der Waals surface area contributed by atoms with Gasteiger partial charge in [-0.05, 0) is 36.2 Å². The smallest absolute Gasteiger partial charge is 0.143 e. The van der Waals surface area contributed by atoms with Gasteiger partial charge in [-0.25, -0.2) is 0 Å². The van der Waals surface area contributed by atoms with Crippen LogP contribution in [-0.2, 0) is 6.42 Å². The normalized spacial score (nSPS) is 17.1. The highest BCUT2D eigenvalue weighted by molar-refractivity contribution is 6.35. The van der Waals surface area contributed by atoms with Gasteiger partial charge >= 0.3 is 0 Å². The summed E-state index contributed by atoms with van der Waals surface area (Å²) in [5.74, 6) is 0.865. The zero-order chi connectivity index (χ0) is 14.1. The van der Waals surface area contributed by atoms with Gasteiger partial charge in [0.15, 0.2) is 0 Å². The highest BCUT2D eigenvalue weighted by Gasteiger charge is 2.23. The van der Waals surface area contributed by atoms with Crippen molar-refractivity contribution < 1.29 is 4.74 Å². The van der Waals surface area contributed by atoms with Crippen molar-refractivity contribution >= 4 is 28.9 Å². The van der Waals surface area contributed by atoms with E-state index >= 15 is 0 Å². The number of halogens is 2. The molecule has 3 rings (SSSR count). The molecular weight excluding hydrogens is 293 g/mol. The van der Waals surface area contributed by atoms with Gasteiger partial charge < -0.3 is 10.1 Å². The maximum Gasteiger partial charge on any atom is 0.143 e. The first-order chi connectivity index (χ1) is 9.67. The number of fused-ring (bicyclic) bond motifs is 1. The molecule has 1 unspecified atom stereocenters. The molecule has 0 saturated carbocycles. The molecule has 4 heteroatoms. The Kier molecular flexibility index (Phi) is 3.77. The number of rotatable bonds is 2. The van der Waals surface area contributed by atoms with Crippen LogP contribution >= 0.6 is 23.2 Å². The molecule has 0 aromatic heterocycles. The summed E-state index contributed by atoms with van der Waals surface area (Å²) in [6, 6.07) is 11.7. The number of benzene rings is 2. The Balaban J connectivity index is 1.88. The van der Waals surface area contributed by atoms with E-state index in [1.165, 1.54) is 5.56 Å². The second kappa shape index (κ2) is 5.55. The molecule has 0 spiro atoms. The molecule has 0 bridgehead atoms. The van der Waals surface area contributed by atoms with Crippen molar-refractivity contribution in [3.63, 3.8) is 0 Å². The Bertz CT molecular complexity index is 642. The fraction of sp³-hybridized carbons (Fsp3) is 0.250. The second-order valence-electron chi connectivity index (χ2n) is 4.84. The third-order valence-electron chi connectivity index (χ3n) is 3.51. The highest BCUT2D eigenvalue weighted by atomic mass is 35.5. The van der Waals surface area contributed by atoms with Crippen LogP contribution in [0, 0.1) is 0 Å². The van der Waals surface area contributed by atoms with Gasteiger partial charge in [-0.1, -0.05) is 42.3 Å². The van der Waals surface area contributed by atoms with Crippen LogP contribution in [0.25, 0.3) is 0 Å². The Morgan fingerprint density at radius 1 is 1.20 bits per heavy atom. The second-order valence-corrected chi connectivity index (χ2v) is 5.68. The predicted molar refractivity (Wildman–Crippen MR) is 84.1 cm³/mol. The fourth-order valence-electron chi connectivity index (χ4n) is 2.37. The molecule has 1 N–H and O–H groups in total. The first-order valence-electron chi connectivity index (χ1n) is 6.65. The molecule has 104 valence electrons. The maximum absolute atomic E-state index is 6.25. The molecule has 1 aliphatic rings. The molecule has 2 nitrogen and oxygen atoms in total. The molecule has 0 saturated heterocycles. The van der Waals surface area contributed by atoms with Gasteiger partial charge in [0.2, 0.25) is 0 Å². The van der Waals surface area contributed by atoms with E-state index in [-0.39, 0.29) is 6.10 Å². The Morgan fingerprint density at radius 3 is 2.80 bits per heavy atom. The molecule has 0 fully saturated rings. The first-order valence-corrected chi connectivity index (χ1v) is 7.41. The number of anilines is 1. The molecule has 1 aliphatic heterocycles. The molecule has 1 heterocycles. The zero-order valence-corrected chi connectivity index (χ0v) is 12.6. The zero-order valence-electron chi connectivity index (χ0n) is 11.1. The summed E-state index contributed by atoms with van der Waals surface area (Å²) < 4.78 is 6.05. The van der Waals surface area contributed by atoms with E-state index in [2.05, 4.69) is 24.4 Å². The third-order valence-corrected chi connectivity index (χ3v) is 4.07.